The van der Waals surface area contributed by atoms with Gasteiger partial charge < -0.3 is 9.73 Å². The van der Waals surface area contributed by atoms with Gasteiger partial charge in [-0.05, 0) is 36.4 Å². The maximum absolute atomic E-state index is 13.0. The lowest BCUT2D eigenvalue weighted by molar-refractivity contribution is -0.384. The molecule has 3 rings (SSSR count). The number of furan rings is 1. The minimum Gasteiger partial charge on any atom is -0.456 e. The highest BCUT2D eigenvalue weighted by Gasteiger charge is 2.33. The molecular formula is C20H13F3N2O4. The fourth-order valence-electron chi connectivity index (χ4n) is 2.60. The molecule has 1 amide bonds. The van der Waals surface area contributed by atoms with E-state index in [1.807, 2.05) is 0 Å². The third-order valence-corrected chi connectivity index (χ3v) is 3.88. The van der Waals surface area contributed by atoms with E-state index in [0.717, 1.165) is 18.2 Å². The first-order valence-electron chi connectivity index (χ1n) is 8.24. The van der Waals surface area contributed by atoms with E-state index in [4.69, 9.17) is 4.42 Å². The molecule has 1 heterocycles. The van der Waals surface area contributed by atoms with Gasteiger partial charge >= 0.3 is 6.18 Å². The van der Waals surface area contributed by atoms with Crippen LogP contribution in [0.5, 0.6) is 0 Å². The van der Waals surface area contributed by atoms with E-state index in [0.29, 0.717) is 0 Å². The van der Waals surface area contributed by atoms with Gasteiger partial charge in [0.25, 0.3) is 5.69 Å². The fourth-order valence-corrected chi connectivity index (χ4v) is 2.60. The van der Waals surface area contributed by atoms with Gasteiger partial charge in [0.2, 0.25) is 5.91 Å². The maximum Gasteiger partial charge on any atom is 0.418 e. The molecule has 0 unspecified atom stereocenters. The topological polar surface area (TPSA) is 85.4 Å². The number of anilines is 1. The number of alkyl halides is 3. The zero-order valence-corrected chi connectivity index (χ0v) is 14.6. The summed E-state index contributed by atoms with van der Waals surface area (Å²) in [5.41, 5.74) is -1.20. The van der Waals surface area contributed by atoms with Gasteiger partial charge in [0.05, 0.1) is 21.7 Å². The quantitative estimate of drug-likeness (QED) is 0.346. The predicted molar refractivity (Wildman–Crippen MR) is 99.9 cm³/mol. The zero-order chi connectivity index (χ0) is 21.0. The summed E-state index contributed by atoms with van der Waals surface area (Å²) >= 11 is 0. The smallest absolute Gasteiger partial charge is 0.418 e. The normalized spacial score (nSPS) is 11.6. The van der Waals surface area contributed by atoms with Crippen LogP contribution in [0.2, 0.25) is 0 Å². The van der Waals surface area contributed by atoms with Crippen LogP contribution in [0, 0.1) is 10.1 Å². The lowest BCUT2D eigenvalue weighted by atomic mass is 10.1. The number of carbonyl (C=O) groups excluding carboxylic acids is 1. The first kappa shape index (κ1) is 19.9. The van der Waals surface area contributed by atoms with Crippen LogP contribution < -0.4 is 5.32 Å². The van der Waals surface area contributed by atoms with Gasteiger partial charge in [-0.15, -0.1) is 0 Å². The number of para-hydroxylation sites is 2. The van der Waals surface area contributed by atoms with E-state index >= 15 is 0 Å². The summed E-state index contributed by atoms with van der Waals surface area (Å²) in [5.74, 6) is -0.359. The van der Waals surface area contributed by atoms with Crippen LogP contribution in [0.1, 0.15) is 11.3 Å². The van der Waals surface area contributed by atoms with Crippen molar-refractivity contribution in [2.45, 2.75) is 6.18 Å². The molecule has 1 N–H and O–H groups in total. The molecule has 0 spiro atoms. The number of nitro groups is 1. The van der Waals surface area contributed by atoms with E-state index in [1.165, 1.54) is 48.5 Å². The fraction of sp³-hybridized carbons (Fsp3) is 0.0500. The summed E-state index contributed by atoms with van der Waals surface area (Å²) in [4.78, 5) is 22.6. The van der Waals surface area contributed by atoms with Gasteiger partial charge in [0.15, 0.2) is 0 Å². The molecule has 3 aromatic rings. The minimum atomic E-state index is -4.60. The van der Waals surface area contributed by atoms with E-state index in [9.17, 15) is 28.1 Å². The van der Waals surface area contributed by atoms with Crippen molar-refractivity contribution in [1.82, 2.24) is 0 Å². The van der Waals surface area contributed by atoms with Crippen LogP contribution in [0.25, 0.3) is 17.4 Å². The molecule has 0 aliphatic heterocycles. The average molecular weight is 402 g/mol. The van der Waals surface area contributed by atoms with Gasteiger partial charge in [0, 0.05) is 12.1 Å². The standard InChI is InChI=1S/C20H13F3N2O4/c21-20(22,23)15-6-2-3-7-16(15)24-19(26)12-10-13-9-11-18(29-13)14-5-1-4-8-17(14)25(27)28/h1-12H,(H,24,26)/b12-10+. The molecule has 0 aliphatic carbocycles. The van der Waals surface area contributed by atoms with E-state index < -0.39 is 22.6 Å². The number of benzene rings is 2. The Morgan fingerprint density at radius 1 is 1.03 bits per heavy atom. The van der Waals surface area contributed by atoms with Gasteiger partial charge in [-0.2, -0.15) is 13.2 Å². The van der Waals surface area contributed by atoms with E-state index in [1.54, 1.807) is 6.07 Å². The number of hydrogen-bond donors (Lipinski definition) is 1. The van der Waals surface area contributed by atoms with Crippen molar-refractivity contribution < 1.29 is 27.3 Å². The number of amides is 1. The van der Waals surface area contributed by atoms with E-state index in [-0.39, 0.29) is 28.5 Å². The van der Waals surface area contributed by atoms with Crippen molar-refractivity contribution >= 4 is 23.4 Å². The van der Waals surface area contributed by atoms with Crippen molar-refractivity contribution in [2.24, 2.45) is 0 Å². The highest BCUT2D eigenvalue weighted by Crippen LogP contribution is 2.34. The van der Waals surface area contributed by atoms with Crippen LogP contribution in [0.4, 0.5) is 24.5 Å². The largest absolute Gasteiger partial charge is 0.456 e. The number of carbonyl (C=O) groups is 1. The predicted octanol–water partition coefficient (Wildman–Crippen LogP) is 5.53. The first-order valence-corrected chi connectivity index (χ1v) is 8.24. The number of hydrogen-bond acceptors (Lipinski definition) is 4. The van der Waals surface area contributed by atoms with Crippen molar-refractivity contribution in [3.05, 3.63) is 88.2 Å². The first-order chi connectivity index (χ1) is 13.8. The Kier molecular flexibility index (Phi) is 5.49. The van der Waals surface area contributed by atoms with Gasteiger partial charge in [-0.25, -0.2) is 0 Å². The summed E-state index contributed by atoms with van der Waals surface area (Å²) in [6, 6.07) is 13.6. The number of halogens is 3. The molecule has 0 saturated heterocycles. The van der Waals surface area contributed by atoms with Crippen LogP contribution in [-0.2, 0) is 11.0 Å². The molecule has 6 nitrogen and oxygen atoms in total. The molecule has 1 aromatic heterocycles. The molecule has 148 valence electrons. The third kappa shape index (κ3) is 4.70. The van der Waals surface area contributed by atoms with Gasteiger partial charge in [-0.3, -0.25) is 14.9 Å². The van der Waals surface area contributed by atoms with Crippen LogP contribution >= 0.6 is 0 Å². The molecule has 0 radical (unpaired) electrons. The Morgan fingerprint density at radius 2 is 1.72 bits per heavy atom. The number of nitro benzene ring substituents is 1. The summed E-state index contributed by atoms with van der Waals surface area (Å²) in [6.07, 6.45) is -2.34. The second-order valence-corrected chi connectivity index (χ2v) is 5.84. The lowest BCUT2D eigenvalue weighted by Crippen LogP contribution is -2.14. The molecule has 2 aromatic carbocycles. The highest BCUT2D eigenvalue weighted by atomic mass is 19.4. The summed E-state index contributed by atoms with van der Waals surface area (Å²) < 4.78 is 44.4. The molecule has 0 bridgehead atoms. The Hall–Kier alpha value is -3.88. The van der Waals surface area contributed by atoms with Crippen molar-refractivity contribution in [3.8, 4) is 11.3 Å². The summed E-state index contributed by atoms with van der Waals surface area (Å²) in [6.45, 7) is 0. The monoisotopic (exact) mass is 402 g/mol. The Morgan fingerprint density at radius 3 is 2.45 bits per heavy atom. The van der Waals surface area contributed by atoms with Crippen LogP contribution in [0.15, 0.2) is 71.2 Å². The zero-order valence-electron chi connectivity index (χ0n) is 14.6. The van der Waals surface area contributed by atoms with E-state index in [2.05, 4.69) is 5.32 Å². The Labute approximate surface area is 162 Å². The third-order valence-electron chi connectivity index (χ3n) is 3.88. The molecule has 0 aliphatic rings. The van der Waals surface area contributed by atoms with Crippen molar-refractivity contribution in [2.75, 3.05) is 5.32 Å². The summed E-state index contributed by atoms with van der Waals surface area (Å²) in [5, 5.41) is 13.3. The van der Waals surface area contributed by atoms with Crippen molar-refractivity contribution in [3.63, 3.8) is 0 Å². The highest BCUT2D eigenvalue weighted by molar-refractivity contribution is 6.02. The molecule has 0 atom stereocenters. The number of nitrogens with zero attached hydrogens (tertiary/aromatic N) is 1. The number of nitrogens with one attached hydrogen (secondary N) is 1. The molecule has 29 heavy (non-hydrogen) atoms. The Balaban J connectivity index is 1.76. The van der Waals surface area contributed by atoms with Crippen molar-refractivity contribution in [1.29, 1.82) is 0 Å². The Bertz CT molecular complexity index is 1090. The lowest BCUT2D eigenvalue weighted by Gasteiger charge is -2.12. The summed E-state index contributed by atoms with van der Waals surface area (Å²) in [7, 11) is 0. The maximum atomic E-state index is 13.0. The van der Waals surface area contributed by atoms with Crippen LogP contribution in [-0.4, -0.2) is 10.8 Å². The minimum absolute atomic E-state index is 0.140. The average Bonchev–Trinajstić information content (AvgIpc) is 3.15. The van der Waals surface area contributed by atoms with Gasteiger partial charge in [0.1, 0.15) is 11.5 Å². The second kappa shape index (κ2) is 8.01. The number of rotatable bonds is 5. The molecule has 0 fully saturated rings. The molecular weight excluding hydrogens is 389 g/mol. The van der Waals surface area contributed by atoms with Gasteiger partial charge in [-0.1, -0.05) is 24.3 Å². The van der Waals surface area contributed by atoms with Crippen LogP contribution in [0.3, 0.4) is 0 Å². The molecule has 9 heteroatoms. The second-order valence-electron chi connectivity index (χ2n) is 5.84. The molecule has 0 saturated carbocycles. The SMILES string of the molecule is O=C(/C=C/c1ccc(-c2ccccc2[N+](=O)[O-])o1)Nc1ccccc1C(F)(F)F.